The van der Waals surface area contributed by atoms with Crippen LogP contribution in [-0.4, -0.2) is 86.9 Å². The van der Waals surface area contributed by atoms with Crippen LogP contribution in [0.5, 0.6) is 0 Å². The van der Waals surface area contributed by atoms with Crippen LogP contribution >= 0.6 is 0 Å². The fourth-order valence-electron chi connectivity index (χ4n) is 4.17. The van der Waals surface area contributed by atoms with Crippen molar-refractivity contribution in [2.45, 2.75) is 103 Å². The molecule has 2 N–H and O–H groups in total. The van der Waals surface area contributed by atoms with Gasteiger partial charge in [0.15, 0.2) is 5.79 Å². The van der Waals surface area contributed by atoms with Crippen molar-refractivity contribution in [3.63, 3.8) is 0 Å². The van der Waals surface area contributed by atoms with Gasteiger partial charge in [0, 0.05) is 6.42 Å². The van der Waals surface area contributed by atoms with E-state index in [2.05, 4.69) is 6.92 Å². The van der Waals surface area contributed by atoms with Crippen molar-refractivity contribution < 1.29 is 48.2 Å². The smallest absolute Gasteiger partial charge is 0.305 e. The van der Waals surface area contributed by atoms with E-state index in [9.17, 15) is 14.7 Å². The second-order valence-electron chi connectivity index (χ2n) is 10.5. The van der Waals surface area contributed by atoms with E-state index >= 15 is 0 Å². The van der Waals surface area contributed by atoms with Crippen molar-refractivity contribution in [1.82, 2.24) is 0 Å². The van der Waals surface area contributed by atoms with Gasteiger partial charge < -0.3 is 38.6 Å². The zero-order valence-electron chi connectivity index (χ0n) is 25.8. The molecule has 1 aromatic carbocycles. The third-order valence-corrected chi connectivity index (χ3v) is 6.55. The Hall–Kier alpha value is -2.08. The molecule has 10 heteroatoms. The van der Waals surface area contributed by atoms with Gasteiger partial charge in [-0.1, -0.05) is 75.8 Å². The second kappa shape index (κ2) is 25.4. The largest absolute Gasteiger partial charge is 0.481 e. The van der Waals surface area contributed by atoms with E-state index in [0.29, 0.717) is 59.1 Å². The van der Waals surface area contributed by atoms with Crippen molar-refractivity contribution in [1.29, 1.82) is 0 Å². The molecule has 0 radical (unpaired) electrons. The molecule has 0 spiro atoms. The topological polar surface area (TPSA) is 130 Å². The highest BCUT2D eigenvalue weighted by Crippen LogP contribution is 2.19. The summed E-state index contributed by atoms with van der Waals surface area (Å²) in [6, 6.07) is 9.99. The fourth-order valence-corrected chi connectivity index (χ4v) is 4.17. The summed E-state index contributed by atoms with van der Waals surface area (Å²) in [6.45, 7) is 7.56. The summed E-state index contributed by atoms with van der Waals surface area (Å²) in [7, 11) is 0. The lowest BCUT2D eigenvalue weighted by molar-refractivity contribution is -0.260. The maximum atomic E-state index is 11.3. The quantitative estimate of drug-likeness (QED) is 0.0821. The molecule has 0 aliphatic heterocycles. The number of aliphatic carboxylic acids is 2. The van der Waals surface area contributed by atoms with Crippen LogP contribution in [0.1, 0.15) is 90.0 Å². The first-order chi connectivity index (χ1) is 20.3. The summed E-state index contributed by atoms with van der Waals surface area (Å²) in [4.78, 5) is 22.0. The van der Waals surface area contributed by atoms with Crippen LogP contribution in [0.2, 0.25) is 0 Å². The van der Waals surface area contributed by atoms with Gasteiger partial charge in [0.2, 0.25) is 0 Å². The number of carboxylic acids is 2. The molecule has 0 aromatic heterocycles. The molecule has 0 heterocycles. The van der Waals surface area contributed by atoms with Gasteiger partial charge in [-0.2, -0.15) is 0 Å². The monoisotopic (exact) mass is 598 g/mol. The first kappa shape index (κ1) is 37.9. The molecule has 242 valence electrons. The Balaban J connectivity index is 2.33. The van der Waals surface area contributed by atoms with Crippen LogP contribution in [0, 0.1) is 0 Å². The van der Waals surface area contributed by atoms with Crippen molar-refractivity contribution in [3.05, 3.63) is 35.9 Å². The molecule has 0 saturated carbocycles. The molecular weight excluding hydrogens is 544 g/mol. The first-order valence-electron chi connectivity index (χ1n) is 15.4. The van der Waals surface area contributed by atoms with E-state index in [0.717, 1.165) is 50.5 Å². The minimum atomic E-state index is -1.04. The fraction of sp³-hybridized carbons (Fsp3) is 0.750. The van der Waals surface area contributed by atoms with Gasteiger partial charge in [0.1, 0.15) is 6.61 Å². The van der Waals surface area contributed by atoms with Gasteiger partial charge in [-0.3, -0.25) is 9.59 Å². The third kappa shape index (κ3) is 22.5. The lowest BCUT2D eigenvalue weighted by Gasteiger charge is -2.31. The molecular formula is C32H54O10. The normalized spacial score (nSPS) is 13.6. The van der Waals surface area contributed by atoms with E-state index in [1.807, 2.05) is 37.3 Å². The van der Waals surface area contributed by atoms with Crippen LogP contribution in [0.3, 0.4) is 0 Å². The number of hydrogen-bond acceptors (Lipinski definition) is 8. The Morgan fingerprint density at radius 2 is 1.36 bits per heavy atom. The van der Waals surface area contributed by atoms with Crippen molar-refractivity contribution >= 4 is 11.9 Å². The van der Waals surface area contributed by atoms with E-state index in [4.69, 9.17) is 33.5 Å². The van der Waals surface area contributed by atoms with Crippen molar-refractivity contribution in [2.24, 2.45) is 0 Å². The number of hydrogen-bond donors (Lipinski definition) is 2. The summed E-state index contributed by atoms with van der Waals surface area (Å²) in [5.41, 5.74) is 1.13. The zero-order chi connectivity index (χ0) is 30.7. The Morgan fingerprint density at radius 3 is 2.02 bits per heavy atom. The maximum absolute atomic E-state index is 11.3. The SMILES string of the molecule is CCCCCC(CC(=O)O)OCC(C)(OCCCCCCCC(=O)O)OCCOCCOCCOCc1ccccc1. The molecule has 0 fully saturated rings. The average Bonchev–Trinajstić information content (AvgIpc) is 2.96. The molecule has 1 aromatic rings. The van der Waals surface area contributed by atoms with Gasteiger partial charge in [0.25, 0.3) is 0 Å². The van der Waals surface area contributed by atoms with Gasteiger partial charge in [-0.25, -0.2) is 0 Å². The Labute approximate surface area is 252 Å². The summed E-state index contributed by atoms with van der Waals surface area (Å²) in [5, 5.41) is 18.1. The van der Waals surface area contributed by atoms with Crippen LogP contribution in [0.25, 0.3) is 0 Å². The van der Waals surface area contributed by atoms with E-state index < -0.39 is 23.8 Å². The minimum absolute atomic E-state index is 0.0590. The number of ether oxygens (including phenoxy) is 6. The number of rotatable bonds is 30. The molecule has 10 nitrogen and oxygen atoms in total. The number of carboxylic acid groups (broad SMARTS) is 2. The Bertz CT molecular complexity index is 791. The highest BCUT2D eigenvalue weighted by molar-refractivity contribution is 5.67. The predicted octanol–water partition coefficient (Wildman–Crippen LogP) is 5.85. The van der Waals surface area contributed by atoms with Gasteiger partial charge in [-0.05, 0) is 31.7 Å². The number of benzene rings is 1. The van der Waals surface area contributed by atoms with Crippen LogP contribution < -0.4 is 0 Å². The summed E-state index contributed by atoms with van der Waals surface area (Å²) < 4.78 is 34.9. The predicted molar refractivity (Wildman–Crippen MR) is 160 cm³/mol. The summed E-state index contributed by atoms with van der Waals surface area (Å²) in [6.07, 6.45) is 7.63. The van der Waals surface area contributed by atoms with E-state index in [-0.39, 0.29) is 26.1 Å². The van der Waals surface area contributed by atoms with E-state index in [1.54, 1.807) is 0 Å². The lowest BCUT2D eigenvalue weighted by atomic mass is 10.1. The molecule has 42 heavy (non-hydrogen) atoms. The molecule has 0 aliphatic rings. The highest BCUT2D eigenvalue weighted by atomic mass is 16.7. The first-order valence-corrected chi connectivity index (χ1v) is 15.4. The molecule has 2 atom stereocenters. The van der Waals surface area contributed by atoms with Gasteiger partial charge in [0.05, 0.1) is 65.4 Å². The minimum Gasteiger partial charge on any atom is -0.481 e. The van der Waals surface area contributed by atoms with Crippen LogP contribution in [-0.2, 0) is 44.6 Å². The van der Waals surface area contributed by atoms with Gasteiger partial charge in [-0.15, -0.1) is 0 Å². The molecule has 0 bridgehead atoms. The van der Waals surface area contributed by atoms with Crippen molar-refractivity contribution in [3.8, 4) is 0 Å². The zero-order valence-corrected chi connectivity index (χ0v) is 25.8. The molecule has 2 unspecified atom stereocenters. The molecule has 0 aliphatic carbocycles. The number of carbonyl (C=O) groups is 2. The standard InChI is InChI=1S/C32H54O10/c1-3-4-9-16-29(25-31(35)36)40-27-32(2,41-18-13-7-5-6-12-17-30(33)34)42-24-23-38-20-19-37-21-22-39-26-28-14-10-8-11-15-28/h8,10-11,14-15,29H,3-7,9,12-13,16-27H2,1-2H3,(H,33,34)(H,35,36). The maximum Gasteiger partial charge on any atom is 0.305 e. The van der Waals surface area contributed by atoms with Crippen molar-refractivity contribution in [2.75, 3.05) is 52.9 Å². The van der Waals surface area contributed by atoms with Gasteiger partial charge >= 0.3 is 11.9 Å². The Morgan fingerprint density at radius 1 is 0.738 bits per heavy atom. The summed E-state index contributed by atoms with van der Waals surface area (Å²) >= 11 is 0. The van der Waals surface area contributed by atoms with E-state index in [1.165, 1.54) is 0 Å². The van der Waals surface area contributed by atoms with Crippen LogP contribution in [0.4, 0.5) is 0 Å². The summed E-state index contributed by atoms with van der Waals surface area (Å²) in [5.74, 6) is -2.69. The second-order valence-corrected chi connectivity index (χ2v) is 10.5. The molecule has 0 amide bonds. The molecule has 1 rings (SSSR count). The lowest BCUT2D eigenvalue weighted by Crippen LogP contribution is -2.40. The average molecular weight is 599 g/mol. The number of unbranched alkanes of at least 4 members (excludes halogenated alkanes) is 6. The Kier molecular flexibility index (Phi) is 23.0. The third-order valence-electron chi connectivity index (χ3n) is 6.55. The molecule has 0 saturated heterocycles. The highest BCUT2D eigenvalue weighted by Gasteiger charge is 2.28. The van der Waals surface area contributed by atoms with Crippen LogP contribution in [0.15, 0.2) is 30.3 Å².